The molecule has 0 aliphatic carbocycles. The molecule has 2 nitrogen and oxygen atoms in total. The quantitative estimate of drug-likeness (QED) is 0.896. The van der Waals surface area contributed by atoms with Gasteiger partial charge in [-0.2, -0.15) is 0 Å². The molecule has 3 rings (SSSR count). The first-order chi connectivity index (χ1) is 8.67. The second-order valence-corrected chi connectivity index (χ2v) is 6.91. The van der Waals surface area contributed by atoms with E-state index in [9.17, 15) is 0 Å². The first-order valence-corrected chi connectivity index (χ1v) is 7.71. The summed E-state index contributed by atoms with van der Waals surface area (Å²) in [7, 11) is 0. The fraction of sp³-hybridized carbons (Fsp3) is 0.571. The van der Waals surface area contributed by atoms with E-state index >= 15 is 0 Å². The van der Waals surface area contributed by atoms with Crippen LogP contribution in [0.1, 0.15) is 18.4 Å². The SMILES string of the molecule is Clc1ccc(CN2CCC3(CCNC3)C2)c(Br)c1. The van der Waals surface area contributed by atoms with Crippen molar-refractivity contribution < 1.29 is 0 Å². The van der Waals surface area contributed by atoms with Crippen molar-refractivity contribution in [3.8, 4) is 0 Å². The van der Waals surface area contributed by atoms with Gasteiger partial charge < -0.3 is 5.32 Å². The molecule has 18 heavy (non-hydrogen) atoms. The molecular formula is C14H18BrClN2. The normalized spacial score (nSPS) is 28.3. The van der Waals surface area contributed by atoms with E-state index in [2.05, 4.69) is 32.2 Å². The summed E-state index contributed by atoms with van der Waals surface area (Å²) in [5, 5.41) is 4.30. The first-order valence-electron chi connectivity index (χ1n) is 6.54. The number of rotatable bonds is 2. The van der Waals surface area contributed by atoms with Gasteiger partial charge in [0.1, 0.15) is 0 Å². The molecule has 4 heteroatoms. The van der Waals surface area contributed by atoms with Crippen LogP contribution >= 0.6 is 27.5 Å². The average Bonchev–Trinajstić information content (AvgIpc) is 2.94. The minimum atomic E-state index is 0.554. The van der Waals surface area contributed by atoms with Gasteiger partial charge in [0.15, 0.2) is 0 Å². The van der Waals surface area contributed by atoms with Crippen molar-refractivity contribution in [2.75, 3.05) is 26.2 Å². The van der Waals surface area contributed by atoms with Gasteiger partial charge in [0, 0.05) is 29.1 Å². The van der Waals surface area contributed by atoms with Crippen LogP contribution in [0.3, 0.4) is 0 Å². The fourth-order valence-corrected chi connectivity index (χ4v) is 4.01. The Hall–Kier alpha value is -0.0900. The summed E-state index contributed by atoms with van der Waals surface area (Å²) in [4.78, 5) is 2.57. The highest BCUT2D eigenvalue weighted by molar-refractivity contribution is 9.10. The Labute approximate surface area is 122 Å². The van der Waals surface area contributed by atoms with Crippen LogP contribution in [0.15, 0.2) is 22.7 Å². The minimum Gasteiger partial charge on any atom is -0.316 e. The van der Waals surface area contributed by atoms with E-state index < -0.39 is 0 Å². The lowest BCUT2D eigenvalue weighted by molar-refractivity contribution is 0.268. The maximum atomic E-state index is 5.98. The van der Waals surface area contributed by atoms with Crippen LogP contribution in [0.25, 0.3) is 0 Å². The lowest BCUT2D eigenvalue weighted by Gasteiger charge is -2.23. The highest BCUT2D eigenvalue weighted by Crippen LogP contribution is 2.37. The lowest BCUT2D eigenvalue weighted by Crippen LogP contribution is -2.29. The van der Waals surface area contributed by atoms with Crippen molar-refractivity contribution in [1.82, 2.24) is 10.2 Å². The van der Waals surface area contributed by atoms with Crippen LogP contribution in [0.5, 0.6) is 0 Å². The number of nitrogens with one attached hydrogen (secondary N) is 1. The molecule has 0 aromatic heterocycles. The molecule has 2 saturated heterocycles. The van der Waals surface area contributed by atoms with Crippen molar-refractivity contribution in [2.24, 2.45) is 5.41 Å². The summed E-state index contributed by atoms with van der Waals surface area (Å²) < 4.78 is 1.13. The standard InChI is InChI=1S/C14H18BrClN2/c15-13-7-12(16)2-1-11(13)8-18-6-4-14(10-18)3-5-17-9-14/h1-2,7,17H,3-6,8-10H2. The molecule has 2 fully saturated rings. The topological polar surface area (TPSA) is 15.3 Å². The molecule has 1 unspecified atom stereocenters. The zero-order valence-corrected chi connectivity index (χ0v) is 12.7. The van der Waals surface area contributed by atoms with Crippen LogP contribution in [-0.2, 0) is 6.54 Å². The van der Waals surface area contributed by atoms with E-state index in [0.29, 0.717) is 5.41 Å². The van der Waals surface area contributed by atoms with Gasteiger partial charge in [0.05, 0.1) is 0 Å². The van der Waals surface area contributed by atoms with Crippen molar-refractivity contribution in [1.29, 1.82) is 0 Å². The van der Waals surface area contributed by atoms with Crippen molar-refractivity contribution in [3.63, 3.8) is 0 Å². The monoisotopic (exact) mass is 328 g/mol. The van der Waals surface area contributed by atoms with Crippen LogP contribution in [-0.4, -0.2) is 31.1 Å². The summed E-state index contributed by atoms with van der Waals surface area (Å²) in [6.07, 6.45) is 2.68. The molecule has 1 atom stereocenters. The summed E-state index contributed by atoms with van der Waals surface area (Å²) in [6, 6.07) is 6.09. The maximum absolute atomic E-state index is 5.98. The van der Waals surface area contributed by atoms with E-state index in [1.54, 1.807) is 0 Å². The molecule has 1 spiro atoms. The van der Waals surface area contributed by atoms with Gasteiger partial charge in [-0.05, 0) is 49.0 Å². The minimum absolute atomic E-state index is 0.554. The molecule has 1 aromatic carbocycles. The third kappa shape index (κ3) is 2.60. The number of benzene rings is 1. The van der Waals surface area contributed by atoms with Crippen LogP contribution in [0, 0.1) is 5.41 Å². The van der Waals surface area contributed by atoms with Gasteiger partial charge in [-0.3, -0.25) is 4.90 Å². The third-order valence-electron chi connectivity index (χ3n) is 4.26. The molecule has 2 aliphatic rings. The van der Waals surface area contributed by atoms with Crippen molar-refractivity contribution in [3.05, 3.63) is 33.3 Å². The number of hydrogen-bond donors (Lipinski definition) is 1. The predicted molar refractivity (Wildman–Crippen MR) is 79.0 cm³/mol. The first kappa shape index (κ1) is 12.9. The molecule has 2 aliphatic heterocycles. The Morgan fingerprint density at radius 2 is 2.28 bits per heavy atom. The van der Waals surface area contributed by atoms with Gasteiger partial charge in [-0.1, -0.05) is 33.6 Å². The molecule has 2 heterocycles. The summed E-state index contributed by atoms with van der Waals surface area (Å²) in [5.74, 6) is 0. The molecule has 1 aromatic rings. The van der Waals surface area contributed by atoms with E-state index in [1.165, 1.54) is 44.6 Å². The number of nitrogens with zero attached hydrogens (tertiary/aromatic N) is 1. The Balaban J connectivity index is 1.67. The molecule has 0 saturated carbocycles. The van der Waals surface area contributed by atoms with Crippen molar-refractivity contribution in [2.45, 2.75) is 19.4 Å². The highest BCUT2D eigenvalue weighted by Gasteiger charge is 2.40. The summed E-state index contributed by atoms with van der Waals surface area (Å²) in [5.41, 5.74) is 1.89. The van der Waals surface area contributed by atoms with Crippen LogP contribution in [0.4, 0.5) is 0 Å². The molecule has 1 N–H and O–H groups in total. The molecule has 98 valence electrons. The average molecular weight is 330 g/mol. The van der Waals surface area contributed by atoms with E-state index in [0.717, 1.165) is 16.0 Å². The number of hydrogen-bond acceptors (Lipinski definition) is 2. The molecule has 0 amide bonds. The zero-order chi connectivity index (χ0) is 12.6. The molecular weight excluding hydrogens is 312 g/mol. The van der Waals surface area contributed by atoms with Gasteiger partial charge in [-0.15, -0.1) is 0 Å². The van der Waals surface area contributed by atoms with Gasteiger partial charge in [0.2, 0.25) is 0 Å². The fourth-order valence-electron chi connectivity index (χ4n) is 3.20. The highest BCUT2D eigenvalue weighted by atomic mass is 79.9. The molecule has 0 bridgehead atoms. The Kier molecular flexibility index (Phi) is 3.68. The van der Waals surface area contributed by atoms with Gasteiger partial charge >= 0.3 is 0 Å². The van der Waals surface area contributed by atoms with E-state index in [-0.39, 0.29) is 0 Å². The Morgan fingerprint density at radius 1 is 1.39 bits per heavy atom. The largest absolute Gasteiger partial charge is 0.316 e. The van der Waals surface area contributed by atoms with E-state index in [4.69, 9.17) is 11.6 Å². The van der Waals surface area contributed by atoms with Gasteiger partial charge in [0.25, 0.3) is 0 Å². The van der Waals surface area contributed by atoms with E-state index in [1.807, 2.05) is 12.1 Å². The summed E-state index contributed by atoms with van der Waals surface area (Å²) >= 11 is 9.59. The third-order valence-corrected chi connectivity index (χ3v) is 5.23. The predicted octanol–water partition coefficient (Wildman–Crippen LogP) is 3.29. The lowest BCUT2D eigenvalue weighted by atomic mass is 9.87. The number of halogens is 2. The Bertz CT molecular complexity index is 443. The second-order valence-electron chi connectivity index (χ2n) is 5.62. The second kappa shape index (κ2) is 5.12. The zero-order valence-electron chi connectivity index (χ0n) is 10.4. The summed E-state index contributed by atoms with van der Waals surface area (Å²) in [6.45, 7) is 5.87. The van der Waals surface area contributed by atoms with Gasteiger partial charge in [-0.25, -0.2) is 0 Å². The smallest absolute Gasteiger partial charge is 0.0417 e. The number of likely N-dealkylation sites (tertiary alicyclic amines) is 1. The molecule has 0 radical (unpaired) electrons. The van der Waals surface area contributed by atoms with Crippen LogP contribution in [0.2, 0.25) is 5.02 Å². The van der Waals surface area contributed by atoms with Crippen LogP contribution < -0.4 is 5.32 Å². The maximum Gasteiger partial charge on any atom is 0.0417 e. The Morgan fingerprint density at radius 3 is 3.00 bits per heavy atom. The van der Waals surface area contributed by atoms with Crippen molar-refractivity contribution >= 4 is 27.5 Å².